The van der Waals surface area contributed by atoms with Gasteiger partial charge in [0.15, 0.2) is 0 Å². The molecular weight excluding hydrogens is 288 g/mol. The maximum absolute atomic E-state index is 13.5. The molecule has 5 nitrogen and oxygen atoms in total. The average Bonchev–Trinajstić information content (AvgIpc) is 2.92. The average molecular weight is 301 g/mol. The van der Waals surface area contributed by atoms with Crippen molar-refractivity contribution in [3.8, 4) is 5.88 Å². The summed E-state index contributed by atoms with van der Waals surface area (Å²) < 4.78 is 39.5. The normalized spacial score (nSPS) is 12.2. The number of nitrogens with zero attached hydrogens (tertiary/aromatic N) is 2. The molecule has 1 heterocycles. The fourth-order valence-electron chi connectivity index (χ4n) is 1.47. The summed E-state index contributed by atoms with van der Waals surface area (Å²) in [7, 11) is 0. The van der Waals surface area contributed by atoms with Gasteiger partial charge in [-0.2, -0.15) is 4.37 Å². The van der Waals surface area contributed by atoms with Crippen molar-refractivity contribution in [1.29, 1.82) is 0 Å². The summed E-state index contributed by atoms with van der Waals surface area (Å²) in [5.74, 6) is -0.754. The summed E-state index contributed by atoms with van der Waals surface area (Å²) in [5.41, 5.74) is 0.232. The number of aliphatic hydroxyl groups excluding tert-OH is 1. The Morgan fingerprint density at radius 1 is 1.40 bits per heavy atom. The van der Waals surface area contributed by atoms with Gasteiger partial charge in [0.25, 0.3) is 0 Å². The fraction of sp³-hybridized carbons (Fsp3) is 0.333. The molecular formula is C12H13F2N3O2S. The first-order chi connectivity index (χ1) is 9.56. The van der Waals surface area contributed by atoms with Gasteiger partial charge in [-0.15, -0.1) is 4.37 Å². The van der Waals surface area contributed by atoms with Crippen LogP contribution in [-0.2, 0) is 0 Å². The molecule has 0 spiro atoms. The molecule has 0 aliphatic heterocycles. The van der Waals surface area contributed by atoms with E-state index in [4.69, 9.17) is 4.74 Å². The van der Waals surface area contributed by atoms with E-state index >= 15 is 0 Å². The van der Waals surface area contributed by atoms with Crippen LogP contribution in [0.15, 0.2) is 18.3 Å². The van der Waals surface area contributed by atoms with Crippen LogP contribution in [0.5, 0.6) is 5.88 Å². The van der Waals surface area contributed by atoms with Gasteiger partial charge >= 0.3 is 0 Å². The summed E-state index contributed by atoms with van der Waals surface area (Å²) in [6, 6.07) is 2.16. The van der Waals surface area contributed by atoms with Crippen molar-refractivity contribution in [2.75, 3.05) is 18.5 Å². The highest BCUT2D eigenvalue weighted by Gasteiger charge is 2.10. The minimum atomic E-state index is -0.888. The maximum Gasteiger partial charge on any atom is 0.245 e. The van der Waals surface area contributed by atoms with E-state index in [0.29, 0.717) is 5.88 Å². The van der Waals surface area contributed by atoms with Gasteiger partial charge in [-0.3, -0.25) is 0 Å². The Morgan fingerprint density at radius 3 is 2.90 bits per heavy atom. The smallest absolute Gasteiger partial charge is 0.245 e. The van der Waals surface area contributed by atoms with Gasteiger partial charge in [-0.25, -0.2) is 8.78 Å². The molecule has 0 amide bonds. The summed E-state index contributed by atoms with van der Waals surface area (Å²) in [6.45, 7) is 1.48. The number of hydrogen-bond acceptors (Lipinski definition) is 6. The lowest BCUT2D eigenvalue weighted by atomic mass is 10.2. The van der Waals surface area contributed by atoms with Crippen LogP contribution in [0.2, 0.25) is 0 Å². The molecule has 0 bridgehead atoms. The van der Waals surface area contributed by atoms with Gasteiger partial charge in [-0.05, 0) is 18.6 Å². The van der Waals surface area contributed by atoms with E-state index in [9.17, 15) is 13.9 Å². The number of nitrogens with one attached hydrogen (secondary N) is 1. The quantitative estimate of drug-likeness (QED) is 0.854. The number of anilines is 1. The topological polar surface area (TPSA) is 67.3 Å². The molecule has 0 fully saturated rings. The van der Waals surface area contributed by atoms with Gasteiger partial charge in [0, 0.05) is 12.6 Å². The van der Waals surface area contributed by atoms with E-state index in [1.807, 2.05) is 0 Å². The Balaban J connectivity index is 1.84. The molecule has 0 aliphatic rings. The molecule has 0 aliphatic carbocycles. The minimum Gasteiger partial charge on any atom is -0.473 e. The standard InChI is InChI=1S/C12H13F2N3O2S/c1-7-2-10(14)11(3-9(7)13)15-4-8(18)6-19-12-5-16-20-17-12/h2-3,5,8,15,18H,4,6H2,1H3. The maximum atomic E-state index is 13.5. The van der Waals surface area contributed by atoms with Crippen LogP contribution < -0.4 is 10.1 Å². The molecule has 0 saturated heterocycles. The van der Waals surface area contributed by atoms with Crippen LogP contribution in [0, 0.1) is 18.6 Å². The monoisotopic (exact) mass is 301 g/mol. The van der Waals surface area contributed by atoms with Crippen LogP contribution in [0.25, 0.3) is 0 Å². The van der Waals surface area contributed by atoms with Crippen molar-refractivity contribution in [3.05, 3.63) is 35.5 Å². The molecule has 1 atom stereocenters. The zero-order valence-electron chi connectivity index (χ0n) is 10.6. The molecule has 8 heteroatoms. The van der Waals surface area contributed by atoms with E-state index in [1.54, 1.807) is 0 Å². The Morgan fingerprint density at radius 2 is 2.20 bits per heavy atom. The van der Waals surface area contributed by atoms with Crippen LogP contribution in [0.3, 0.4) is 0 Å². The molecule has 2 rings (SSSR count). The van der Waals surface area contributed by atoms with E-state index in [-0.39, 0.29) is 24.4 Å². The highest BCUT2D eigenvalue weighted by molar-refractivity contribution is 6.99. The lowest BCUT2D eigenvalue weighted by molar-refractivity contribution is 0.115. The number of halogens is 2. The van der Waals surface area contributed by atoms with Gasteiger partial charge in [0.2, 0.25) is 5.88 Å². The van der Waals surface area contributed by atoms with Crippen molar-refractivity contribution < 1.29 is 18.6 Å². The van der Waals surface area contributed by atoms with Gasteiger partial charge in [0.1, 0.15) is 30.5 Å². The van der Waals surface area contributed by atoms with Crippen LogP contribution in [-0.4, -0.2) is 33.1 Å². The SMILES string of the molecule is Cc1cc(F)c(NCC(O)COc2cnsn2)cc1F. The van der Waals surface area contributed by atoms with E-state index in [0.717, 1.165) is 23.9 Å². The second-order valence-corrected chi connectivity index (χ2v) is 4.73. The molecule has 1 aromatic heterocycles. The largest absolute Gasteiger partial charge is 0.473 e. The molecule has 1 unspecified atom stereocenters. The van der Waals surface area contributed by atoms with Crippen molar-refractivity contribution in [2.24, 2.45) is 0 Å². The first kappa shape index (κ1) is 14.6. The predicted molar refractivity (Wildman–Crippen MR) is 71.0 cm³/mol. The van der Waals surface area contributed by atoms with E-state index in [1.165, 1.54) is 13.1 Å². The Labute approximate surface area is 118 Å². The highest BCUT2D eigenvalue weighted by atomic mass is 32.1. The third-order valence-corrected chi connectivity index (χ3v) is 3.00. The van der Waals surface area contributed by atoms with Gasteiger partial charge < -0.3 is 15.2 Å². The van der Waals surface area contributed by atoms with Crippen LogP contribution in [0.1, 0.15) is 5.56 Å². The zero-order chi connectivity index (χ0) is 14.5. The molecule has 1 aromatic carbocycles. The predicted octanol–water partition coefficient (Wildman–Crippen LogP) is 1.98. The number of hydrogen-bond donors (Lipinski definition) is 2. The van der Waals surface area contributed by atoms with Crippen molar-refractivity contribution in [2.45, 2.75) is 13.0 Å². The number of benzene rings is 1. The lowest BCUT2D eigenvalue weighted by Crippen LogP contribution is -2.26. The first-order valence-corrected chi connectivity index (χ1v) is 6.57. The van der Waals surface area contributed by atoms with Gasteiger partial charge in [0.05, 0.1) is 17.4 Å². The second kappa shape index (κ2) is 6.58. The van der Waals surface area contributed by atoms with Crippen LogP contribution in [0.4, 0.5) is 14.5 Å². The van der Waals surface area contributed by atoms with Crippen molar-refractivity contribution >= 4 is 17.4 Å². The first-order valence-electron chi connectivity index (χ1n) is 5.84. The molecule has 2 N–H and O–H groups in total. The van der Waals surface area contributed by atoms with E-state index < -0.39 is 17.7 Å². The molecule has 0 radical (unpaired) electrons. The third-order valence-electron chi connectivity index (χ3n) is 2.54. The Hall–Kier alpha value is -1.80. The summed E-state index contributed by atoms with van der Waals surface area (Å²) in [6.07, 6.45) is 0.542. The Kier molecular flexibility index (Phi) is 4.80. The van der Waals surface area contributed by atoms with Crippen LogP contribution >= 0.6 is 11.7 Å². The number of ether oxygens (including phenoxy) is 1. The third kappa shape index (κ3) is 3.84. The summed E-state index contributed by atoms with van der Waals surface area (Å²) >= 11 is 0.993. The fourth-order valence-corrected chi connectivity index (χ4v) is 1.83. The summed E-state index contributed by atoms with van der Waals surface area (Å²) in [4.78, 5) is 0. The number of aliphatic hydroxyl groups is 1. The van der Waals surface area contributed by atoms with E-state index in [2.05, 4.69) is 14.1 Å². The highest BCUT2D eigenvalue weighted by Crippen LogP contribution is 2.18. The number of rotatable bonds is 6. The zero-order valence-corrected chi connectivity index (χ0v) is 11.5. The molecule has 20 heavy (non-hydrogen) atoms. The number of aromatic nitrogens is 2. The molecule has 0 saturated carbocycles. The van der Waals surface area contributed by atoms with Crippen molar-refractivity contribution in [1.82, 2.24) is 8.75 Å². The summed E-state index contributed by atoms with van der Waals surface area (Å²) in [5, 5.41) is 12.3. The second-order valence-electron chi connectivity index (χ2n) is 4.17. The number of aryl methyl sites for hydroxylation is 1. The van der Waals surface area contributed by atoms with Gasteiger partial charge in [-0.1, -0.05) is 0 Å². The minimum absolute atomic E-state index is 0.00229. The molecule has 2 aromatic rings. The Bertz CT molecular complexity index is 566. The lowest BCUT2D eigenvalue weighted by Gasteiger charge is -2.13. The van der Waals surface area contributed by atoms with Crippen molar-refractivity contribution in [3.63, 3.8) is 0 Å². The molecule has 108 valence electrons.